The second-order valence-electron chi connectivity index (χ2n) is 2.97. The SMILES string of the molecule is Cc1cnccc1NC(=O)[C@H](C)N. The highest BCUT2D eigenvalue weighted by molar-refractivity contribution is 5.94. The second kappa shape index (κ2) is 4.00. The summed E-state index contributed by atoms with van der Waals surface area (Å²) in [6.07, 6.45) is 3.32. The van der Waals surface area contributed by atoms with Gasteiger partial charge in [-0.15, -0.1) is 0 Å². The molecule has 4 heteroatoms. The molecule has 0 radical (unpaired) electrons. The molecule has 0 spiro atoms. The van der Waals surface area contributed by atoms with E-state index in [0.717, 1.165) is 11.3 Å². The van der Waals surface area contributed by atoms with Crippen LogP contribution in [-0.4, -0.2) is 16.9 Å². The summed E-state index contributed by atoms with van der Waals surface area (Å²) in [5, 5.41) is 2.71. The van der Waals surface area contributed by atoms with Gasteiger partial charge in [0.25, 0.3) is 0 Å². The van der Waals surface area contributed by atoms with E-state index in [2.05, 4.69) is 10.3 Å². The van der Waals surface area contributed by atoms with Crippen LogP contribution in [0, 0.1) is 6.92 Å². The molecule has 0 bridgehead atoms. The third-order valence-corrected chi connectivity index (χ3v) is 1.69. The van der Waals surface area contributed by atoms with Crippen LogP contribution >= 0.6 is 0 Å². The monoisotopic (exact) mass is 179 g/mol. The van der Waals surface area contributed by atoms with E-state index in [1.165, 1.54) is 0 Å². The van der Waals surface area contributed by atoms with Crippen molar-refractivity contribution in [2.24, 2.45) is 5.73 Å². The average molecular weight is 179 g/mol. The summed E-state index contributed by atoms with van der Waals surface area (Å²) in [6.45, 7) is 3.52. The largest absolute Gasteiger partial charge is 0.324 e. The first kappa shape index (κ1) is 9.67. The first-order chi connectivity index (χ1) is 6.11. The molecule has 1 aromatic rings. The molecule has 13 heavy (non-hydrogen) atoms. The van der Waals surface area contributed by atoms with Gasteiger partial charge in [0.1, 0.15) is 0 Å². The van der Waals surface area contributed by atoms with Crippen molar-refractivity contribution in [1.82, 2.24) is 4.98 Å². The van der Waals surface area contributed by atoms with Gasteiger partial charge in [0.15, 0.2) is 0 Å². The molecule has 1 rings (SSSR count). The van der Waals surface area contributed by atoms with Crippen molar-refractivity contribution in [3.63, 3.8) is 0 Å². The fourth-order valence-corrected chi connectivity index (χ4v) is 0.860. The van der Waals surface area contributed by atoms with Gasteiger partial charge >= 0.3 is 0 Å². The topological polar surface area (TPSA) is 68.0 Å². The van der Waals surface area contributed by atoms with Crippen molar-refractivity contribution in [3.05, 3.63) is 24.0 Å². The summed E-state index contributed by atoms with van der Waals surface area (Å²) in [7, 11) is 0. The van der Waals surface area contributed by atoms with Crippen molar-refractivity contribution in [2.75, 3.05) is 5.32 Å². The fourth-order valence-electron chi connectivity index (χ4n) is 0.860. The minimum Gasteiger partial charge on any atom is -0.324 e. The number of nitrogens with zero attached hydrogens (tertiary/aromatic N) is 1. The van der Waals surface area contributed by atoms with Crippen LogP contribution in [0.1, 0.15) is 12.5 Å². The number of hydrogen-bond acceptors (Lipinski definition) is 3. The van der Waals surface area contributed by atoms with Crippen LogP contribution in [0.4, 0.5) is 5.69 Å². The lowest BCUT2D eigenvalue weighted by Crippen LogP contribution is -2.32. The van der Waals surface area contributed by atoms with E-state index in [1.807, 2.05) is 6.92 Å². The van der Waals surface area contributed by atoms with Gasteiger partial charge in [-0.1, -0.05) is 0 Å². The highest BCUT2D eigenvalue weighted by atomic mass is 16.2. The number of aromatic nitrogens is 1. The van der Waals surface area contributed by atoms with Gasteiger partial charge in [-0.3, -0.25) is 9.78 Å². The van der Waals surface area contributed by atoms with Crippen molar-refractivity contribution < 1.29 is 4.79 Å². The Hall–Kier alpha value is -1.42. The van der Waals surface area contributed by atoms with Gasteiger partial charge < -0.3 is 11.1 Å². The Morgan fingerprint density at radius 1 is 1.69 bits per heavy atom. The van der Waals surface area contributed by atoms with Crippen molar-refractivity contribution in [1.29, 1.82) is 0 Å². The number of anilines is 1. The zero-order valence-corrected chi connectivity index (χ0v) is 7.74. The van der Waals surface area contributed by atoms with Gasteiger partial charge in [0.2, 0.25) is 5.91 Å². The van der Waals surface area contributed by atoms with Crippen molar-refractivity contribution >= 4 is 11.6 Å². The standard InChI is InChI=1S/C9H13N3O/c1-6-5-11-4-3-8(6)12-9(13)7(2)10/h3-5,7H,10H2,1-2H3,(H,11,12,13)/t7-/m0/s1. The number of rotatable bonds is 2. The summed E-state index contributed by atoms with van der Waals surface area (Å²) in [4.78, 5) is 15.1. The maximum absolute atomic E-state index is 11.2. The molecule has 1 aromatic heterocycles. The molecule has 3 N–H and O–H groups in total. The van der Waals surface area contributed by atoms with Crippen molar-refractivity contribution in [3.8, 4) is 0 Å². The predicted molar refractivity (Wildman–Crippen MR) is 51.3 cm³/mol. The maximum Gasteiger partial charge on any atom is 0.241 e. The minimum atomic E-state index is -0.493. The quantitative estimate of drug-likeness (QED) is 0.701. The molecule has 0 saturated heterocycles. The van der Waals surface area contributed by atoms with Crippen LogP contribution in [0.15, 0.2) is 18.5 Å². The number of nitrogens with one attached hydrogen (secondary N) is 1. The van der Waals surface area contributed by atoms with Crippen LogP contribution < -0.4 is 11.1 Å². The molecule has 1 amide bonds. The van der Waals surface area contributed by atoms with Gasteiger partial charge in [-0.2, -0.15) is 0 Å². The van der Waals surface area contributed by atoms with Crippen molar-refractivity contribution in [2.45, 2.75) is 19.9 Å². The average Bonchev–Trinajstić information content (AvgIpc) is 2.08. The first-order valence-electron chi connectivity index (χ1n) is 4.08. The molecular weight excluding hydrogens is 166 g/mol. The van der Waals surface area contributed by atoms with Gasteiger partial charge in [0, 0.05) is 18.1 Å². The predicted octanol–water partition coefficient (Wildman–Crippen LogP) is 0.676. The number of nitrogens with two attached hydrogens (primary N) is 1. The number of aryl methyl sites for hydroxylation is 1. The van der Waals surface area contributed by atoms with E-state index in [-0.39, 0.29) is 5.91 Å². The van der Waals surface area contributed by atoms with Crippen LogP contribution in [0.3, 0.4) is 0 Å². The second-order valence-corrected chi connectivity index (χ2v) is 2.97. The van der Waals surface area contributed by atoms with Gasteiger partial charge in [-0.25, -0.2) is 0 Å². The number of pyridine rings is 1. The molecule has 1 atom stereocenters. The molecule has 0 fully saturated rings. The molecule has 0 aliphatic rings. The lowest BCUT2D eigenvalue weighted by atomic mass is 10.2. The Balaban J connectivity index is 2.75. The normalized spacial score (nSPS) is 12.2. The highest BCUT2D eigenvalue weighted by Gasteiger charge is 2.08. The minimum absolute atomic E-state index is 0.186. The zero-order valence-electron chi connectivity index (χ0n) is 7.74. The summed E-state index contributed by atoms with van der Waals surface area (Å²) in [5.41, 5.74) is 7.09. The van der Waals surface area contributed by atoms with E-state index in [9.17, 15) is 4.79 Å². The lowest BCUT2D eigenvalue weighted by molar-refractivity contribution is -0.117. The van der Waals surface area contributed by atoms with Crippen LogP contribution in [0.2, 0.25) is 0 Å². The van der Waals surface area contributed by atoms with E-state index in [4.69, 9.17) is 5.73 Å². The molecule has 0 aliphatic heterocycles. The molecule has 4 nitrogen and oxygen atoms in total. The Bertz CT molecular complexity index is 309. The Morgan fingerprint density at radius 3 is 2.92 bits per heavy atom. The van der Waals surface area contributed by atoms with E-state index < -0.39 is 6.04 Å². The molecular formula is C9H13N3O. The van der Waals surface area contributed by atoms with E-state index in [0.29, 0.717) is 0 Å². The third-order valence-electron chi connectivity index (χ3n) is 1.69. The summed E-state index contributed by atoms with van der Waals surface area (Å²) in [5.74, 6) is -0.186. The van der Waals surface area contributed by atoms with Gasteiger partial charge in [0.05, 0.1) is 6.04 Å². The highest BCUT2D eigenvalue weighted by Crippen LogP contribution is 2.11. The third kappa shape index (κ3) is 2.52. The maximum atomic E-state index is 11.2. The van der Waals surface area contributed by atoms with E-state index >= 15 is 0 Å². The molecule has 1 heterocycles. The molecule has 0 aromatic carbocycles. The number of carbonyl (C=O) groups excluding carboxylic acids is 1. The van der Waals surface area contributed by atoms with Gasteiger partial charge in [-0.05, 0) is 25.5 Å². The number of amides is 1. The lowest BCUT2D eigenvalue weighted by Gasteiger charge is -2.09. The molecule has 70 valence electrons. The zero-order chi connectivity index (χ0) is 9.84. The number of carbonyl (C=O) groups is 1. The fraction of sp³-hybridized carbons (Fsp3) is 0.333. The van der Waals surface area contributed by atoms with Crippen LogP contribution in [0.25, 0.3) is 0 Å². The Kier molecular flexibility index (Phi) is 2.97. The summed E-state index contributed by atoms with van der Waals surface area (Å²) in [6, 6.07) is 1.25. The smallest absolute Gasteiger partial charge is 0.241 e. The summed E-state index contributed by atoms with van der Waals surface area (Å²) >= 11 is 0. The Labute approximate surface area is 77.2 Å². The summed E-state index contributed by atoms with van der Waals surface area (Å²) < 4.78 is 0. The van der Waals surface area contributed by atoms with Crippen LogP contribution in [-0.2, 0) is 4.79 Å². The van der Waals surface area contributed by atoms with E-state index in [1.54, 1.807) is 25.4 Å². The molecule has 0 aliphatic carbocycles. The molecule has 0 unspecified atom stereocenters. The first-order valence-corrected chi connectivity index (χ1v) is 4.08. The van der Waals surface area contributed by atoms with Crippen LogP contribution in [0.5, 0.6) is 0 Å². The molecule has 0 saturated carbocycles. The number of hydrogen-bond donors (Lipinski definition) is 2. The Morgan fingerprint density at radius 2 is 2.38 bits per heavy atom.